The number of fused-ring (bicyclic) bond motifs is 1. The van der Waals surface area contributed by atoms with Crippen LogP contribution in [0, 0.1) is 5.92 Å². The van der Waals surface area contributed by atoms with Gasteiger partial charge >= 0.3 is 0 Å². The van der Waals surface area contributed by atoms with E-state index in [1.165, 1.54) is 6.08 Å². The summed E-state index contributed by atoms with van der Waals surface area (Å²) in [5.41, 5.74) is 1.57. The van der Waals surface area contributed by atoms with E-state index < -0.39 is 0 Å². The Morgan fingerprint density at radius 2 is 1.78 bits per heavy atom. The average Bonchev–Trinajstić information content (AvgIpc) is 3.35. The number of unbranched alkanes of at least 4 members (excludes halogenated alkanes) is 2. The molecule has 0 unspecified atom stereocenters. The summed E-state index contributed by atoms with van der Waals surface area (Å²) in [6.07, 6.45) is 7.99. The van der Waals surface area contributed by atoms with Crippen molar-refractivity contribution in [2.75, 3.05) is 38.3 Å². The van der Waals surface area contributed by atoms with E-state index in [0.717, 1.165) is 63.0 Å². The number of hydrogen-bond acceptors (Lipinski definition) is 5. The number of piperidine rings is 1. The average molecular weight is 532 g/mol. The molecule has 2 heterocycles. The summed E-state index contributed by atoms with van der Waals surface area (Å²) in [6, 6.07) is 10.7. The molecular formula is C27H31Cl2N3O4. The fourth-order valence-electron chi connectivity index (χ4n) is 4.33. The lowest BCUT2D eigenvalue weighted by atomic mass is 9.95. The zero-order valence-electron chi connectivity index (χ0n) is 20.1. The number of nitrogens with one attached hydrogen (secondary N) is 2. The first-order chi connectivity index (χ1) is 17.5. The van der Waals surface area contributed by atoms with Gasteiger partial charge in [0.1, 0.15) is 0 Å². The van der Waals surface area contributed by atoms with E-state index >= 15 is 0 Å². The summed E-state index contributed by atoms with van der Waals surface area (Å²) in [5, 5.41) is 6.88. The molecule has 0 spiro atoms. The van der Waals surface area contributed by atoms with Gasteiger partial charge in [0.25, 0.3) is 0 Å². The number of benzene rings is 2. The quantitative estimate of drug-likeness (QED) is 0.318. The molecule has 0 aliphatic carbocycles. The van der Waals surface area contributed by atoms with Crippen molar-refractivity contribution in [3.05, 3.63) is 58.1 Å². The number of ether oxygens (including phenoxy) is 2. The van der Waals surface area contributed by atoms with Crippen LogP contribution in [0.1, 0.15) is 37.7 Å². The number of nitrogens with zero attached hydrogens (tertiary/aromatic N) is 1. The Hall–Kier alpha value is -2.74. The van der Waals surface area contributed by atoms with Crippen LogP contribution in [-0.2, 0) is 9.59 Å². The molecule has 2 N–H and O–H groups in total. The summed E-state index contributed by atoms with van der Waals surface area (Å²) in [7, 11) is 0. The molecule has 1 saturated heterocycles. The summed E-state index contributed by atoms with van der Waals surface area (Å²) >= 11 is 11.9. The predicted molar refractivity (Wildman–Crippen MR) is 143 cm³/mol. The third-order valence-corrected chi connectivity index (χ3v) is 7.16. The van der Waals surface area contributed by atoms with Crippen LogP contribution in [0.5, 0.6) is 11.5 Å². The van der Waals surface area contributed by atoms with Gasteiger partial charge in [0.15, 0.2) is 11.5 Å². The second kappa shape index (κ2) is 13.0. The second-order valence-corrected chi connectivity index (χ2v) is 9.85. The topological polar surface area (TPSA) is 79.9 Å². The van der Waals surface area contributed by atoms with E-state index in [-0.39, 0.29) is 24.5 Å². The minimum Gasteiger partial charge on any atom is -0.454 e. The standard InChI is InChI=1S/C27H31Cl2N3O4/c28-22-7-4-19(16-23(22)29)5-9-26(33)30-12-2-1-3-13-32-14-10-20(11-15-32)27(34)31-21-6-8-24-25(17-21)36-18-35-24/h4-9,16-17,20H,1-3,10-15,18H2,(H,30,33)(H,31,34)/b9-5+. The first kappa shape index (κ1) is 26.3. The third kappa shape index (κ3) is 7.63. The van der Waals surface area contributed by atoms with E-state index in [1.54, 1.807) is 18.2 Å². The highest BCUT2D eigenvalue weighted by atomic mass is 35.5. The molecule has 2 aromatic carbocycles. The van der Waals surface area contributed by atoms with Gasteiger partial charge in [0.2, 0.25) is 18.6 Å². The van der Waals surface area contributed by atoms with Crippen molar-refractivity contribution in [1.29, 1.82) is 0 Å². The van der Waals surface area contributed by atoms with Crippen molar-refractivity contribution in [3.63, 3.8) is 0 Å². The number of amides is 2. The minimum atomic E-state index is -0.123. The Labute approximate surface area is 221 Å². The molecule has 0 atom stereocenters. The fraction of sp³-hybridized carbons (Fsp3) is 0.407. The van der Waals surface area contributed by atoms with Crippen LogP contribution in [-0.4, -0.2) is 49.7 Å². The maximum absolute atomic E-state index is 12.7. The molecule has 2 amide bonds. The summed E-state index contributed by atoms with van der Waals surface area (Å²) in [4.78, 5) is 27.1. The van der Waals surface area contributed by atoms with Gasteiger partial charge in [-0.3, -0.25) is 9.59 Å². The minimum absolute atomic E-state index is 0.0267. The normalized spacial score (nSPS) is 15.8. The van der Waals surface area contributed by atoms with Crippen molar-refractivity contribution in [1.82, 2.24) is 10.2 Å². The number of carbonyl (C=O) groups excluding carboxylic acids is 2. The molecule has 2 aromatic rings. The predicted octanol–water partition coefficient (Wildman–Crippen LogP) is 5.37. The van der Waals surface area contributed by atoms with Gasteiger partial charge in [0.05, 0.1) is 10.0 Å². The van der Waals surface area contributed by atoms with Gasteiger partial charge in [-0.05, 0) is 81.2 Å². The van der Waals surface area contributed by atoms with Gasteiger partial charge < -0.3 is 25.0 Å². The molecule has 0 aromatic heterocycles. The monoisotopic (exact) mass is 531 g/mol. The Balaban J connectivity index is 1.05. The lowest BCUT2D eigenvalue weighted by molar-refractivity contribution is -0.121. The lowest BCUT2D eigenvalue weighted by Crippen LogP contribution is -2.38. The molecule has 192 valence electrons. The van der Waals surface area contributed by atoms with E-state index in [1.807, 2.05) is 24.3 Å². The first-order valence-corrected chi connectivity index (χ1v) is 13.1. The van der Waals surface area contributed by atoms with Gasteiger partial charge in [-0.2, -0.15) is 0 Å². The summed E-state index contributed by atoms with van der Waals surface area (Å²) in [5.74, 6) is 1.35. The van der Waals surface area contributed by atoms with Crippen LogP contribution in [0.2, 0.25) is 10.0 Å². The molecule has 2 aliphatic rings. The molecule has 0 bridgehead atoms. The third-order valence-electron chi connectivity index (χ3n) is 6.42. The molecule has 1 fully saturated rings. The van der Waals surface area contributed by atoms with Gasteiger partial charge in [-0.15, -0.1) is 0 Å². The number of carbonyl (C=O) groups is 2. The van der Waals surface area contributed by atoms with E-state index in [9.17, 15) is 9.59 Å². The molecule has 4 rings (SSSR count). The Bertz CT molecular complexity index is 1100. The van der Waals surface area contributed by atoms with E-state index in [0.29, 0.717) is 28.1 Å². The van der Waals surface area contributed by atoms with Crippen LogP contribution >= 0.6 is 23.2 Å². The van der Waals surface area contributed by atoms with E-state index in [4.69, 9.17) is 32.7 Å². The number of rotatable bonds is 10. The van der Waals surface area contributed by atoms with Gasteiger partial charge in [-0.25, -0.2) is 0 Å². The van der Waals surface area contributed by atoms with Gasteiger partial charge in [0, 0.05) is 30.3 Å². The second-order valence-electron chi connectivity index (χ2n) is 9.03. The van der Waals surface area contributed by atoms with Crippen LogP contribution in [0.4, 0.5) is 5.69 Å². The van der Waals surface area contributed by atoms with Crippen molar-refractivity contribution < 1.29 is 19.1 Å². The highest BCUT2D eigenvalue weighted by molar-refractivity contribution is 6.42. The molecule has 36 heavy (non-hydrogen) atoms. The maximum Gasteiger partial charge on any atom is 0.243 e. The lowest BCUT2D eigenvalue weighted by Gasteiger charge is -2.31. The highest BCUT2D eigenvalue weighted by Gasteiger charge is 2.25. The molecule has 7 nitrogen and oxygen atoms in total. The Morgan fingerprint density at radius 1 is 0.972 bits per heavy atom. The molecular weight excluding hydrogens is 501 g/mol. The molecule has 2 aliphatic heterocycles. The maximum atomic E-state index is 12.7. The number of anilines is 1. The zero-order chi connectivity index (χ0) is 25.3. The van der Waals surface area contributed by atoms with Crippen molar-refractivity contribution >= 4 is 46.8 Å². The highest BCUT2D eigenvalue weighted by Crippen LogP contribution is 2.34. The number of likely N-dealkylation sites (tertiary alicyclic amines) is 1. The van der Waals surface area contributed by atoms with Crippen LogP contribution < -0.4 is 20.1 Å². The van der Waals surface area contributed by atoms with Crippen molar-refractivity contribution in [3.8, 4) is 11.5 Å². The summed E-state index contributed by atoms with van der Waals surface area (Å²) in [6.45, 7) is 3.73. The number of hydrogen-bond donors (Lipinski definition) is 2. The Morgan fingerprint density at radius 3 is 2.58 bits per heavy atom. The summed E-state index contributed by atoms with van der Waals surface area (Å²) < 4.78 is 10.7. The number of halogens is 2. The van der Waals surface area contributed by atoms with Gasteiger partial charge in [-0.1, -0.05) is 35.7 Å². The van der Waals surface area contributed by atoms with Crippen molar-refractivity contribution in [2.24, 2.45) is 5.92 Å². The SMILES string of the molecule is O=C(/C=C/c1ccc(Cl)c(Cl)c1)NCCCCCN1CCC(C(=O)Nc2ccc3c(c2)OCO3)CC1. The van der Waals surface area contributed by atoms with Crippen LogP contribution in [0.3, 0.4) is 0 Å². The van der Waals surface area contributed by atoms with Crippen LogP contribution in [0.25, 0.3) is 6.08 Å². The van der Waals surface area contributed by atoms with Crippen LogP contribution in [0.15, 0.2) is 42.5 Å². The Kier molecular flexibility index (Phi) is 9.50. The largest absolute Gasteiger partial charge is 0.454 e. The molecule has 0 saturated carbocycles. The molecule has 9 heteroatoms. The molecule has 0 radical (unpaired) electrons. The van der Waals surface area contributed by atoms with E-state index in [2.05, 4.69) is 15.5 Å². The zero-order valence-corrected chi connectivity index (χ0v) is 21.6. The fourth-order valence-corrected chi connectivity index (χ4v) is 4.64. The smallest absolute Gasteiger partial charge is 0.243 e. The van der Waals surface area contributed by atoms with Crippen molar-refractivity contribution in [2.45, 2.75) is 32.1 Å². The first-order valence-electron chi connectivity index (χ1n) is 12.3.